The highest BCUT2D eigenvalue weighted by Crippen LogP contribution is 2.42. The number of aromatic amines is 1. The average Bonchev–Trinajstić information content (AvgIpc) is 1.59. The minimum absolute atomic E-state index is 0.626. The van der Waals surface area contributed by atoms with Gasteiger partial charge in [-0.2, -0.15) is 0 Å². The molecule has 0 aliphatic heterocycles. The van der Waals surface area contributed by atoms with Crippen molar-refractivity contribution in [3.05, 3.63) is 425 Å². The monoisotopic (exact) mass is 1590 g/mol. The molecule has 24 aromatic rings. The van der Waals surface area contributed by atoms with Gasteiger partial charge in [-0.1, -0.05) is 279 Å². The fourth-order valence-electron chi connectivity index (χ4n) is 17.4. The molecule has 0 saturated carbocycles. The Morgan fingerprint density at radius 2 is 0.331 bits per heavy atom. The van der Waals surface area contributed by atoms with E-state index in [1.54, 1.807) is 0 Å². The van der Waals surface area contributed by atoms with Gasteiger partial charge < -0.3 is 18.7 Å². The van der Waals surface area contributed by atoms with Gasteiger partial charge in [-0.3, -0.25) is 0 Å². The molecule has 0 aliphatic rings. The Kier molecular flexibility index (Phi) is 17.9. The molecule has 24 rings (SSSR count). The van der Waals surface area contributed by atoms with Crippen molar-refractivity contribution in [2.75, 3.05) is 0 Å². The Morgan fingerprint density at radius 3 is 0.605 bits per heavy atom. The number of aromatic nitrogens is 13. The number of fused-ring (bicyclic) bond motifs is 12. The summed E-state index contributed by atoms with van der Waals surface area (Å²) in [5.74, 6) is 5.76. The van der Waals surface area contributed by atoms with Crippen LogP contribution in [0, 0.1) is 0 Å². The zero-order valence-electron chi connectivity index (χ0n) is 66.8. The average molecular weight is 1590 g/mol. The van der Waals surface area contributed by atoms with Gasteiger partial charge in [-0.15, -0.1) is 0 Å². The van der Waals surface area contributed by atoms with Crippen LogP contribution in [-0.4, -0.2) is 63.5 Å². The first kappa shape index (κ1) is 72.2. The lowest BCUT2D eigenvalue weighted by molar-refractivity contribution is 1.07. The second-order valence-electron chi connectivity index (χ2n) is 30.9. The van der Waals surface area contributed by atoms with Crippen molar-refractivity contribution in [3.63, 3.8) is 0 Å². The standard InChI is InChI=1S/C66H42N8.C45H29N5/c1-5-17-43(18-6-1)61-67-62(44-19-7-2-8-20-44)70-65(69-61)47-29-35-51(36-30-47)73-57-27-15-13-25-53(57)55-41-49(33-39-59(55)73)50-34-40-60-56(42-50)54-26-14-16-28-58(54)74(60)52-37-31-48(32-38-52)66-71-63(45-21-9-3-10-22-45)68-64(72-66)46-23-11-4-12-24-46;1-3-11-29(12-4-1)43-47-44(30-13-5-2-6-14-30)49-45(48-43)31-19-23-34(24-20-31)50-41-18-10-8-16-36(41)38-28-33(22-26-42(38)50)32-21-25-40-37(27-32)35-15-7-9-17-39(35)46-40/h1-42H;1-28,46H. The lowest BCUT2D eigenvalue weighted by Gasteiger charge is -2.11. The van der Waals surface area contributed by atoms with Crippen molar-refractivity contribution in [1.29, 1.82) is 0 Å². The number of para-hydroxylation sites is 4. The minimum atomic E-state index is 0.626. The van der Waals surface area contributed by atoms with E-state index in [2.05, 4.69) is 261 Å². The van der Waals surface area contributed by atoms with Crippen LogP contribution < -0.4 is 0 Å². The Balaban J connectivity index is 0.000000154. The summed E-state index contributed by atoms with van der Waals surface area (Å²) in [4.78, 5) is 48.0. The van der Waals surface area contributed by atoms with E-state index in [1.807, 2.05) is 182 Å². The molecule has 0 aliphatic carbocycles. The zero-order valence-corrected chi connectivity index (χ0v) is 66.8. The topological polar surface area (TPSA) is 147 Å². The van der Waals surface area contributed by atoms with Gasteiger partial charge in [-0.25, -0.2) is 44.9 Å². The Morgan fingerprint density at radius 1 is 0.137 bits per heavy atom. The maximum Gasteiger partial charge on any atom is 0.164 e. The predicted octanol–water partition coefficient (Wildman–Crippen LogP) is 27.2. The molecular weight excluding hydrogens is 1520 g/mol. The van der Waals surface area contributed by atoms with Gasteiger partial charge in [0.15, 0.2) is 52.4 Å². The maximum absolute atomic E-state index is 4.98. The lowest BCUT2D eigenvalue weighted by atomic mass is 10.0. The van der Waals surface area contributed by atoms with E-state index in [9.17, 15) is 0 Å². The number of nitrogens with zero attached hydrogens (tertiary/aromatic N) is 12. The Labute approximate surface area is 712 Å². The van der Waals surface area contributed by atoms with Gasteiger partial charge in [0, 0.05) is 121 Å². The third-order valence-electron chi connectivity index (χ3n) is 23.4. The number of H-pyrrole nitrogens is 1. The molecular formula is C111H71N13. The molecule has 0 unspecified atom stereocenters. The number of benzene rings is 17. The fourth-order valence-corrected chi connectivity index (χ4v) is 17.4. The van der Waals surface area contributed by atoms with E-state index in [-0.39, 0.29) is 0 Å². The van der Waals surface area contributed by atoms with Crippen LogP contribution in [0.1, 0.15) is 0 Å². The summed E-state index contributed by atoms with van der Waals surface area (Å²) in [6.45, 7) is 0. The van der Waals surface area contributed by atoms with E-state index in [0.29, 0.717) is 52.4 Å². The van der Waals surface area contributed by atoms with Crippen molar-refractivity contribution in [3.8, 4) is 142 Å². The third kappa shape index (κ3) is 13.2. The fraction of sp³-hybridized carbons (Fsp3) is 0. The first-order valence-electron chi connectivity index (χ1n) is 41.5. The van der Waals surface area contributed by atoms with Crippen LogP contribution >= 0.6 is 0 Å². The van der Waals surface area contributed by atoms with Gasteiger partial charge in [0.05, 0.1) is 33.1 Å². The number of hydrogen-bond acceptors (Lipinski definition) is 9. The molecule has 580 valence electrons. The van der Waals surface area contributed by atoms with Gasteiger partial charge >= 0.3 is 0 Å². The summed E-state index contributed by atoms with van der Waals surface area (Å²) >= 11 is 0. The Bertz CT molecular complexity index is 7720. The van der Waals surface area contributed by atoms with Crippen LogP contribution in [0.15, 0.2) is 425 Å². The van der Waals surface area contributed by atoms with Crippen molar-refractivity contribution >= 4 is 87.2 Å². The summed E-state index contributed by atoms with van der Waals surface area (Å²) in [6.07, 6.45) is 0. The second kappa shape index (κ2) is 30.7. The van der Waals surface area contributed by atoms with E-state index < -0.39 is 0 Å². The summed E-state index contributed by atoms with van der Waals surface area (Å²) in [5, 5.41) is 9.69. The van der Waals surface area contributed by atoms with Gasteiger partial charge in [-0.05, 0) is 168 Å². The molecule has 7 heterocycles. The van der Waals surface area contributed by atoms with Gasteiger partial charge in [0.2, 0.25) is 0 Å². The molecule has 0 saturated heterocycles. The van der Waals surface area contributed by atoms with E-state index >= 15 is 0 Å². The van der Waals surface area contributed by atoms with Crippen LogP contribution in [0.25, 0.3) is 229 Å². The van der Waals surface area contributed by atoms with Crippen LogP contribution in [-0.2, 0) is 0 Å². The molecule has 0 radical (unpaired) electrons. The molecule has 0 bridgehead atoms. The van der Waals surface area contributed by atoms with E-state index in [1.165, 1.54) is 54.2 Å². The van der Waals surface area contributed by atoms with Crippen molar-refractivity contribution < 1.29 is 0 Å². The van der Waals surface area contributed by atoms with Crippen molar-refractivity contribution in [2.24, 2.45) is 0 Å². The molecule has 0 spiro atoms. The SMILES string of the molecule is c1ccc(-c2nc(-c3ccccc3)nc(-c3ccc(-n4c5ccccc5c5cc(-c6ccc7[nH]c8ccccc8c7c6)ccc54)cc3)n2)cc1.c1ccc(-c2nc(-c3ccccc3)nc(-c3ccc(-n4c5ccccc5c5cc(-c6ccc7c(c6)c6ccccc6n7-c6ccc(-c7nc(-c8ccccc8)nc(-c8ccccc8)n7)cc6)ccc54)cc3)n2)cc1. The van der Waals surface area contributed by atoms with Crippen molar-refractivity contribution in [1.82, 2.24) is 63.5 Å². The van der Waals surface area contributed by atoms with Crippen molar-refractivity contribution in [2.45, 2.75) is 0 Å². The minimum Gasteiger partial charge on any atom is -0.355 e. The van der Waals surface area contributed by atoms with Crippen LogP contribution in [0.5, 0.6) is 0 Å². The third-order valence-corrected chi connectivity index (χ3v) is 23.4. The number of rotatable bonds is 14. The molecule has 13 nitrogen and oxygen atoms in total. The number of nitrogens with one attached hydrogen (secondary N) is 1. The lowest BCUT2D eigenvalue weighted by Crippen LogP contribution is -2.00. The van der Waals surface area contributed by atoms with Gasteiger partial charge in [0.1, 0.15) is 0 Å². The predicted molar refractivity (Wildman–Crippen MR) is 505 cm³/mol. The molecule has 13 heteroatoms. The summed E-state index contributed by atoms with van der Waals surface area (Å²) in [7, 11) is 0. The highest BCUT2D eigenvalue weighted by Gasteiger charge is 2.22. The highest BCUT2D eigenvalue weighted by molar-refractivity contribution is 6.14. The molecule has 124 heavy (non-hydrogen) atoms. The highest BCUT2D eigenvalue weighted by atomic mass is 15.1. The maximum atomic E-state index is 4.98. The molecule has 0 amide bonds. The molecule has 0 atom stereocenters. The second-order valence-corrected chi connectivity index (χ2v) is 30.9. The zero-order chi connectivity index (χ0) is 82.0. The molecule has 17 aromatic carbocycles. The summed E-state index contributed by atoms with van der Waals surface area (Å²) in [6, 6.07) is 148. The smallest absolute Gasteiger partial charge is 0.164 e. The Hall–Kier alpha value is -17.0. The summed E-state index contributed by atoms with van der Waals surface area (Å²) < 4.78 is 7.05. The number of hydrogen-bond donors (Lipinski definition) is 1. The molecule has 1 N–H and O–H groups in total. The van der Waals surface area contributed by atoms with Crippen LogP contribution in [0.2, 0.25) is 0 Å². The van der Waals surface area contributed by atoms with Crippen LogP contribution in [0.4, 0.5) is 0 Å². The molecule has 7 aromatic heterocycles. The first-order chi connectivity index (χ1) is 61.4. The van der Waals surface area contributed by atoms with E-state index in [4.69, 9.17) is 44.9 Å². The largest absolute Gasteiger partial charge is 0.355 e. The normalized spacial score (nSPS) is 11.5. The summed E-state index contributed by atoms with van der Waals surface area (Å²) in [5.41, 5.74) is 25.5. The quantitative estimate of drug-likeness (QED) is 0.112. The van der Waals surface area contributed by atoms with Crippen LogP contribution in [0.3, 0.4) is 0 Å². The van der Waals surface area contributed by atoms with Gasteiger partial charge in [0.25, 0.3) is 0 Å². The first-order valence-corrected chi connectivity index (χ1v) is 41.5. The molecule has 0 fully saturated rings. The van der Waals surface area contributed by atoms with E-state index in [0.717, 1.165) is 122 Å².